The van der Waals surface area contributed by atoms with Gasteiger partial charge in [0.25, 0.3) is 0 Å². The van der Waals surface area contributed by atoms with E-state index in [1.807, 2.05) is 0 Å². The van der Waals surface area contributed by atoms with E-state index in [0.29, 0.717) is 0 Å². The van der Waals surface area contributed by atoms with Gasteiger partial charge in [-0.1, -0.05) is 13.3 Å². The summed E-state index contributed by atoms with van der Waals surface area (Å²) in [5, 5.41) is 13.1. The Morgan fingerprint density at radius 3 is 2.89 bits per heavy atom. The second-order valence-corrected chi connectivity index (χ2v) is 6.71. The normalized spacial score (nSPS) is 21.6. The largest absolute Gasteiger partial charge is 0.316 e. The van der Waals surface area contributed by atoms with Crippen LogP contribution in [0.1, 0.15) is 48.6 Å². The number of amides is 1. The van der Waals surface area contributed by atoms with Crippen LogP contribution < -0.4 is 5.32 Å². The Hall–Kier alpha value is -1.34. The Morgan fingerprint density at radius 1 is 1.47 bits per heavy atom. The van der Waals surface area contributed by atoms with Crippen molar-refractivity contribution >= 4 is 22.2 Å². The van der Waals surface area contributed by atoms with Crippen LogP contribution in [0, 0.1) is 23.2 Å². The fraction of sp³-hybridized carbons (Fsp3) is 0.600. The standard InChI is InChI=1S/C15H18N2OS/c1-2-9-3-6-11-12(8-16)15(19-13(11)7-9)17-14(18)10-4-5-10/h9-10H,2-7H2,1H3,(H,17,18)/t9-/m1/s1. The van der Waals surface area contributed by atoms with Gasteiger partial charge in [0, 0.05) is 10.8 Å². The van der Waals surface area contributed by atoms with Crippen LogP contribution in [0.15, 0.2) is 0 Å². The van der Waals surface area contributed by atoms with Crippen molar-refractivity contribution in [1.29, 1.82) is 5.26 Å². The molecule has 4 heteroatoms. The average Bonchev–Trinajstić information content (AvgIpc) is 3.20. The predicted molar refractivity (Wildman–Crippen MR) is 76.2 cm³/mol. The van der Waals surface area contributed by atoms with E-state index >= 15 is 0 Å². The molecular weight excluding hydrogens is 256 g/mol. The predicted octanol–water partition coefficient (Wildman–Crippen LogP) is 3.48. The zero-order valence-corrected chi connectivity index (χ0v) is 12.0. The highest BCUT2D eigenvalue weighted by atomic mass is 32.1. The summed E-state index contributed by atoms with van der Waals surface area (Å²) in [5.41, 5.74) is 1.92. The molecule has 0 bridgehead atoms. The molecule has 0 spiro atoms. The maximum Gasteiger partial charge on any atom is 0.228 e. The highest BCUT2D eigenvalue weighted by molar-refractivity contribution is 7.16. The third-order valence-corrected chi connectivity index (χ3v) is 5.41. The zero-order valence-electron chi connectivity index (χ0n) is 11.2. The maximum atomic E-state index is 11.9. The van der Waals surface area contributed by atoms with E-state index in [4.69, 9.17) is 0 Å². The molecule has 100 valence electrons. The number of rotatable bonds is 3. The van der Waals surface area contributed by atoms with Gasteiger partial charge < -0.3 is 5.32 Å². The number of carbonyl (C=O) groups excluding carboxylic acids is 1. The lowest BCUT2D eigenvalue weighted by Gasteiger charge is -2.20. The first-order valence-electron chi connectivity index (χ1n) is 7.08. The van der Waals surface area contributed by atoms with Crippen molar-refractivity contribution in [2.75, 3.05) is 5.32 Å². The van der Waals surface area contributed by atoms with Crippen molar-refractivity contribution in [3.05, 3.63) is 16.0 Å². The molecule has 0 unspecified atom stereocenters. The molecule has 1 saturated carbocycles. The fourth-order valence-corrected chi connectivity index (χ4v) is 4.08. The van der Waals surface area contributed by atoms with E-state index in [9.17, 15) is 10.1 Å². The van der Waals surface area contributed by atoms with Crippen LogP contribution in [0.3, 0.4) is 0 Å². The highest BCUT2D eigenvalue weighted by Crippen LogP contribution is 2.41. The Balaban J connectivity index is 1.86. The van der Waals surface area contributed by atoms with E-state index in [0.717, 1.165) is 42.2 Å². The minimum Gasteiger partial charge on any atom is -0.316 e. The third-order valence-electron chi connectivity index (χ3n) is 4.24. The second kappa shape index (κ2) is 4.97. The number of hydrogen-bond donors (Lipinski definition) is 1. The summed E-state index contributed by atoms with van der Waals surface area (Å²) < 4.78 is 0. The lowest BCUT2D eigenvalue weighted by atomic mass is 9.86. The van der Waals surface area contributed by atoms with E-state index in [1.54, 1.807) is 11.3 Å². The first kappa shape index (κ1) is 12.7. The number of thiophene rings is 1. The first-order valence-corrected chi connectivity index (χ1v) is 7.90. The molecule has 1 N–H and O–H groups in total. The first-order chi connectivity index (χ1) is 9.22. The van der Waals surface area contributed by atoms with Crippen molar-refractivity contribution in [1.82, 2.24) is 0 Å². The Kier molecular flexibility index (Phi) is 3.32. The van der Waals surface area contributed by atoms with Gasteiger partial charge in [-0.2, -0.15) is 5.26 Å². The molecule has 1 atom stereocenters. The SMILES string of the molecule is CC[C@@H]1CCc2c(sc(NC(=O)C3CC3)c2C#N)C1. The topological polar surface area (TPSA) is 52.9 Å². The molecule has 1 fully saturated rings. The van der Waals surface area contributed by atoms with Gasteiger partial charge in [-0.05, 0) is 43.6 Å². The third kappa shape index (κ3) is 2.40. The summed E-state index contributed by atoms with van der Waals surface area (Å²) in [7, 11) is 0. The molecule has 3 nitrogen and oxygen atoms in total. The molecule has 1 aromatic heterocycles. The number of fused-ring (bicyclic) bond motifs is 1. The van der Waals surface area contributed by atoms with Gasteiger partial charge in [-0.25, -0.2) is 0 Å². The lowest BCUT2D eigenvalue weighted by Crippen LogP contribution is -2.13. The Bertz CT molecular complexity index is 551. The smallest absolute Gasteiger partial charge is 0.228 e. The van der Waals surface area contributed by atoms with Crippen molar-refractivity contribution in [2.45, 2.75) is 45.4 Å². The van der Waals surface area contributed by atoms with Gasteiger partial charge in [-0.3, -0.25) is 4.79 Å². The molecule has 0 aromatic carbocycles. The number of hydrogen-bond acceptors (Lipinski definition) is 3. The molecule has 0 radical (unpaired) electrons. The molecule has 2 aliphatic rings. The van der Waals surface area contributed by atoms with Crippen LogP contribution in [-0.2, 0) is 17.6 Å². The van der Waals surface area contributed by atoms with Gasteiger partial charge in [0.15, 0.2) is 0 Å². The van der Waals surface area contributed by atoms with Crippen molar-refractivity contribution < 1.29 is 4.79 Å². The van der Waals surface area contributed by atoms with E-state index < -0.39 is 0 Å². The van der Waals surface area contributed by atoms with Crippen LogP contribution in [0.25, 0.3) is 0 Å². The minimum absolute atomic E-state index is 0.0992. The van der Waals surface area contributed by atoms with Gasteiger partial charge in [0.2, 0.25) is 5.91 Å². The fourth-order valence-electron chi connectivity index (χ4n) is 2.77. The average molecular weight is 274 g/mol. The summed E-state index contributed by atoms with van der Waals surface area (Å²) in [5.74, 6) is 1.03. The molecular formula is C15H18N2OS. The lowest BCUT2D eigenvalue weighted by molar-refractivity contribution is -0.117. The molecule has 1 amide bonds. The highest BCUT2D eigenvalue weighted by Gasteiger charge is 2.32. The number of anilines is 1. The molecule has 0 aliphatic heterocycles. The Morgan fingerprint density at radius 2 is 2.26 bits per heavy atom. The van der Waals surface area contributed by atoms with Crippen LogP contribution in [0.4, 0.5) is 5.00 Å². The quantitative estimate of drug-likeness (QED) is 0.917. The van der Waals surface area contributed by atoms with E-state index in [1.165, 1.54) is 23.3 Å². The van der Waals surface area contributed by atoms with Crippen LogP contribution >= 0.6 is 11.3 Å². The van der Waals surface area contributed by atoms with Crippen LogP contribution in [0.5, 0.6) is 0 Å². The van der Waals surface area contributed by atoms with Crippen molar-refractivity contribution in [3.8, 4) is 6.07 Å². The van der Waals surface area contributed by atoms with E-state index in [-0.39, 0.29) is 11.8 Å². The van der Waals surface area contributed by atoms with Gasteiger partial charge >= 0.3 is 0 Å². The molecule has 1 aromatic rings. The summed E-state index contributed by atoms with van der Waals surface area (Å²) in [6, 6.07) is 2.30. The van der Waals surface area contributed by atoms with Gasteiger partial charge in [-0.15, -0.1) is 11.3 Å². The Labute approximate surface area is 117 Å². The molecule has 0 saturated heterocycles. The molecule has 1 heterocycles. The number of carbonyl (C=O) groups is 1. The van der Waals surface area contributed by atoms with Crippen LogP contribution in [0.2, 0.25) is 0 Å². The summed E-state index contributed by atoms with van der Waals surface area (Å²) >= 11 is 1.62. The van der Waals surface area contributed by atoms with Crippen molar-refractivity contribution in [2.24, 2.45) is 11.8 Å². The van der Waals surface area contributed by atoms with Crippen molar-refractivity contribution in [3.63, 3.8) is 0 Å². The second-order valence-electron chi connectivity index (χ2n) is 5.60. The number of nitrogens with zero attached hydrogens (tertiary/aromatic N) is 1. The summed E-state index contributed by atoms with van der Waals surface area (Å²) in [6.45, 7) is 2.23. The molecule has 3 rings (SSSR count). The zero-order chi connectivity index (χ0) is 13.4. The number of nitrogens with one attached hydrogen (secondary N) is 1. The monoisotopic (exact) mass is 274 g/mol. The van der Waals surface area contributed by atoms with Crippen LogP contribution in [-0.4, -0.2) is 5.91 Å². The molecule has 19 heavy (non-hydrogen) atoms. The summed E-state index contributed by atoms with van der Waals surface area (Å²) in [4.78, 5) is 13.2. The summed E-state index contributed by atoms with van der Waals surface area (Å²) in [6.07, 6.45) is 6.43. The minimum atomic E-state index is 0.0992. The maximum absolute atomic E-state index is 11.9. The number of nitriles is 1. The van der Waals surface area contributed by atoms with Gasteiger partial charge in [0.1, 0.15) is 11.1 Å². The van der Waals surface area contributed by atoms with E-state index in [2.05, 4.69) is 18.3 Å². The van der Waals surface area contributed by atoms with Gasteiger partial charge in [0.05, 0.1) is 5.56 Å². The molecule has 2 aliphatic carbocycles.